The van der Waals surface area contributed by atoms with Gasteiger partial charge in [0, 0.05) is 41.8 Å². The van der Waals surface area contributed by atoms with Crippen molar-refractivity contribution in [3.05, 3.63) is 59.0 Å². The summed E-state index contributed by atoms with van der Waals surface area (Å²) >= 11 is 1.65. The molecule has 0 bridgehead atoms. The molecule has 0 aromatic carbocycles. The van der Waals surface area contributed by atoms with Gasteiger partial charge in [-0.25, -0.2) is 4.98 Å². The van der Waals surface area contributed by atoms with Crippen LogP contribution in [-0.4, -0.2) is 42.9 Å². The van der Waals surface area contributed by atoms with Crippen LogP contribution in [0.2, 0.25) is 0 Å². The van der Waals surface area contributed by atoms with Crippen molar-refractivity contribution in [1.82, 2.24) is 29.8 Å². The zero-order valence-electron chi connectivity index (χ0n) is 15.7. The maximum absolute atomic E-state index is 4.86. The lowest BCUT2D eigenvalue weighted by molar-refractivity contribution is 0.503. The van der Waals surface area contributed by atoms with Gasteiger partial charge in [0.15, 0.2) is 11.5 Å². The van der Waals surface area contributed by atoms with Gasteiger partial charge in [0.2, 0.25) is 0 Å². The molecule has 1 saturated heterocycles. The van der Waals surface area contributed by atoms with Gasteiger partial charge >= 0.3 is 0 Å². The Morgan fingerprint density at radius 2 is 2.00 bits per heavy atom. The molecule has 0 radical (unpaired) electrons. The number of pyridine rings is 1. The second-order valence-corrected chi connectivity index (χ2v) is 8.18. The maximum atomic E-state index is 4.86. The monoisotopic (exact) mass is 401 g/mol. The van der Waals surface area contributed by atoms with Crippen molar-refractivity contribution < 1.29 is 0 Å². The van der Waals surface area contributed by atoms with Crippen LogP contribution in [0.1, 0.15) is 24.3 Å². The van der Waals surface area contributed by atoms with Crippen molar-refractivity contribution in [2.45, 2.75) is 18.8 Å². The van der Waals surface area contributed by atoms with E-state index in [0.717, 1.165) is 54.4 Å². The molecular weight excluding hydrogens is 382 g/mol. The summed E-state index contributed by atoms with van der Waals surface area (Å²) in [5.74, 6) is 2.32. The first-order valence-electron chi connectivity index (χ1n) is 9.79. The normalized spacial score (nSPS) is 15.5. The molecule has 0 amide bonds. The van der Waals surface area contributed by atoms with Crippen molar-refractivity contribution >= 4 is 33.8 Å². The number of rotatable bonds is 3. The molecule has 0 aliphatic carbocycles. The minimum absolute atomic E-state index is 0.546. The van der Waals surface area contributed by atoms with Crippen LogP contribution in [0.4, 0.5) is 5.82 Å². The van der Waals surface area contributed by atoms with Gasteiger partial charge in [-0.3, -0.25) is 0 Å². The average molecular weight is 401 g/mol. The zero-order chi connectivity index (χ0) is 19.2. The van der Waals surface area contributed by atoms with Crippen molar-refractivity contribution in [3.63, 3.8) is 0 Å². The maximum Gasteiger partial charge on any atom is 0.186 e. The van der Waals surface area contributed by atoms with Crippen LogP contribution in [0.5, 0.6) is 0 Å². The predicted molar refractivity (Wildman–Crippen MR) is 114 cm³/mol. The van der Waals surface area contributed by atoms with E-state index in [-0.39, 0.29) is 0 Å². The smallest absolute Gasteiger partial charge is 0.186 e. The van der Waals surface area contributed by atoms with Gasteiger partial charge in [0.05, 0.1) is 0 Å². The Hall–Kier alpha value is -3.26. The number of fused-ring (bicyclic) bond motifs is 2. The third-order valence-electron chi connectivity index (χ3n) is 5.77. The van der Waals surface area contributed by atoms with E-state index in [9.17, 15) is 0 Å². The number of piperidine rings is 1. The number of H-pyrrole nitrogens is 1. The van der Waals surface area contributed by atoms with Gasteiger partial charge in [-0.05, 0) is 60.0 Å². The number of aromatic amines is 1. The fourth-order valence-electron chi connectivity index (χ4n) is 4.25. The second-order valence-electron chi connectivity index (χ2n) is 7.40. The highest BCUT2D eigenvalue weighted by Gasteiger charge is 2.24. The third-order valence-corrected chi connectivity index (χ3v) is 6.45. The molecular formula is C21H19N7S. The molecule has 1 aliphatic heterocycles. The lowest BCUT2D eigenvalue weighted by Crippen LogP contribution is -2.33. The molecule has 144 valence electrons. The molecule has 0 unspecified atom stereocenters. The minimum atomic E-state index is 0.546. The Morgan fingerprint density at radius 1 is 1.07 bits per heavy atom. The molecule has 29 heavy (non-hydrogen) atoms. The van der Waals surface area contributed by atoms with E-state index in [2.05, 4.69) is 54.8 Å². The van der Waals surface area contributed by atoms with Crippen LogP contribution >= 0.6 is 11.3 Å². The van der Waals surface area contributed by atoms with Crippen molar-refractivity contribution in [2.24, 2.45) is 0 Å². The van der Waals surface area contributed by atoms with E-state index in [1.165, 1.54) is 10.9 Å². The van der Waals surface area contributed by atoms with E-state index in [1.54, 1.807) is 11.3 Å². The van der Waals surface area contributed by atoms with Crippen LogP contribution in [0, 0.1) is 0 Å². The minimum Gasteiger partial charge on any atom is -0.355 e. The van der Waals surface area contributed by atoms with Crippen LogP contribution in [0.3, 0.4) is 0 Å². The van der Waals surface area contributed by atoms with Crippen molar-refractivity contribution in [1.29, 1.82) is 0 Å². The number of aromatic nitrogens is 6. The highest BCUT2D eigenvalue weighted by molar-refractivity contribution is 7.08. The molecule has 7 nitrogen and oxygen atoms in total. The summed E-state index contributed by atoms with van der Waals surface area (Å²) in [6.07, 6.45) is 6.16. The predicted octanol–water partition coefficient (Wildman–Crippen LogP) is 4.11. The van der Waals surface area contributed by atoms with Crippen LogP contribution in [0.25, 0.3) is 28.1 Å². The number of hydrogen-bond acceptors (Lipinski definition) is 6. The molecule has 1 aliphatic rings. The Kier molecular flexibility index (Phi) is 3.83. The number of thiophene rings is 1. The quantitative estimate of drug-likeness (QED) is 0.492. The van der Waals surface area contributed by atoms with Gasteiger partial charge in [-0.2, -0.15) is 15.9 Å². The highest BCUT2D eigenvalue weighted by atomic mass is 32.1. The van der Waals surface area contributed by atoms with Gasteiger partial charge in [-0.15, -0.1) is 15.3 Å². The number of nitrogens with zero attached hydrogens (tertiary/aromatic N) is 6. The molecule has 1 fully saturated rings. The summed E-state index contributed by atoms with van der Waals surface area (Å²) in [6.45, 7) is 1.96. The summed E-state index contributed by atoms with van der Waals surface area (Å²) in [5.41, 5.74) is 4.19. The molecule has 5 aromatic rings. The van der Waals surface area contributed by atoms with Gasteiger partial charge in [0.1, 0.15) is 11.5 Å². The lowest BCUT2D eigenvalue weighted by atomic mass is 9.89. The van der Waals surface area contributed by atoms with E-state index in [1.807, 2.05) is 28.2 Å². The highest BCUT2D eigenvalue weighted by Crippen LogP contribution is 2.33. The molecule has 0 spiro atoms. The van der Waals surface area contributed by atoms with Gasteiger partial charge in [0.25, 0.3) is 0 Å². The Labute approximate surface area is 171 Å². The number of hydrogen-bond donors (Lipinski definition) is 1. The topological polar surface area (TPSA) is 75.0 Å². The first-order valence-corrected chi connectivity index (χ1v) is 10.7. The largest absolute Gasteiger partial charge is 0.355 e. The fraction of sp³-hybridized carbons (Fsp3) is 0.238. The summed E-state index contributed by atoms with van der Waals surface area (Å²) in [5, 5.41) is 18.8. The zero-order valence-corrected chi connectivity index (χ0v) is 16.5. The van der Waals surface area contributed by atoms with Crippen LogP contribution in [0.15, 0.2) is 53.5 Å². The van der Waals surface area contributed by atoms with E-state index < -0.39 is 0 Å². The van der Waals surface area contributed by atoms with E-state index in [0.29, 0.717) is 5.92 Å². The summed E-state index contributed by atoms with van der Waals surface area (Å²) in [6, 6.07) is 10.3. The Bertz CT molecular complexity index is 1280. The van der Waals surface area contributed by atoms with Gasteiger partial charge in [-0.1, -0.05) is 0 Å². The van der Waals surface area contributed by atoms with Crippen molar-refractivity contribution in [2.75, 3.05) is 18.0 Å². The van der Waals surface area contributed by atoms with E-state index >= 15 is 0 Å². The Balaban J connectivity index is 1.26. The lowest BCUT2D eigenvalue weighted by Gasteiger charge is -2.32. The standard InChI is InChI=1S/C21H19N7S/c1-2-16-17(12-23-20(16)22-8-1)14-5-9-27(10-6-14)19-4-3-18-24-25-21(28(18)26-19)15-7-11-29-13-15/h1-4,7-8,11-14H,5-6,9-10H2,(H,22,23). The number of nitrogens with one attached hydrogen (secondary N) is 1. The molecule has 8 heteroatoms. The molecule has 0 atom stereocenters. The van der Waals surface area contributed by atoms with Crippen molar-refractivity contribution in [3.8, 4) is 11.4 Å². The first kappa shape index (κ1) is 16.7. The van der Waals surface area contributed by atoms with Gasteiger partial charge < -0.3 is 9.88 Å². The second kappa shape index (κ2) is 6.66. The number of anilines is 1. The SMILES string of the molecule is c1cnc2[nH]cc(C3CCN(c4ccc5nnc(-c6ccsc6)n5n4)CC3)c2c1. The van der Waals surface area contributed by atoms with Crippen LogP contribution < -0.4 is 4.90 Å². The fourth-order valence-corrected chi connectivity index (χ4v) is 4.89. The molecule has 6 rings (SSSR count). The van der Waals surface area contributed by atoms with Crippen LogP contribution in [-0.2, 0) is 0 Å². The van der Waals surface area contributed by atoms with E-state index in [4.69, 9.17) is 5.10 Å². The summed E-state index contributed by atoms with van der Waals surface area (Å²) < 4.78 is 1.86. The third kappa shape index (κ3) is 2.79. The Morgan fingerprint density at radius 3 is 2.86 bits per heavy atom. The average Bonchev–Trinajstić information content (AvgIpc) is 3.52. The molecule has 0 saturated carbocycles. The molecule has 6 heterocycles. The summed E-state index contributed by atoms with van der Waals surface area (Å²) in [7, 11) is 0. The first-order chi connectivity index (χ1) is 14.4. The molecule has 5 aromatic heterocycles. The summed E-state index contributed by atoms with van der Waals surface area (Å²) in [4.78, 5) is 10.1. The molecule has 1 N–H and O–H groups in total.